The minimum atomic E-state index is -1.72. The van der Waals surface area contributed by atoms with Crippen molar-refractivity contribution in [3.63, 3.8) is 0 Å². The van der Waals surface area contributed by atoms with Crippen LogP contribution in [0.2, 0.25) is 0 Å². The highest BCUT2D eigenvalue weighted by Gasteiger charge is 2.39. The highest BCUT2D eigenvalue weighted by molar-refractivity contribution is 6.46. The summed E-state index contributed by atoms with van der Waals surface area (Å²) in [7, 11) is -1.45. The van der Waals surface area contributed by atoms with E-state index in [1.54, 1.807) is 6.92 Å². The second-order valence-corrected chi connectivity index (χ2v) is 5.52. The van der Waals surface area contributed by atoms with Crippen LogP contribution in [0.15, 0.2) is 6.07 Å². The molecule has 132 valence electrons. The van der Waals surface area contributed by atoms with Crippen molar-refractivity contribution in [3.05, 3.63) is 28.8 Å². The van der Waals surface area contributed by atoms with Gasteiger partial charge in [0.2, 0.25) is 5.91 Å². The van der Waals surface area contributed by atoms with Gasteiger partial charge in [-0.25, -0.2) is 8.78 Å². The van der Waals surface area contributed by atoms with E-state index in [0.717, 1.165) is 6.07 Å². The van der Waals surface area contributed by atoms with Crippen LogP contribution in [0.5, 0.6) is 5.75 Å². The van der Waals surface area contributed by atoms with Crippen molar-refractivity contribution < 1.29 is 33.1 Å². The van der Waals surface area contributed by atoms with E-state index in [1.807, 2.05) is 6.92 Å². The van der Waals surface area contributed by atoms with Gasteiger partial charge in [-0.05, 0) is 31.4 Å². The molecule has 1 aliphatic heterocycles. The standard InChI is InChI=1S/C15H20BF2NO5/c1-3-5-11(20)19-10-7-8-6-9(17)13(18)12(15(21)23-4-2)14(8)24-16(10)22/h6,10,15,21-22H,3-5,7H2,1-2H3,(H,19,20)/t10-,15?/m0/s1. The molecule has 0 spiro atoms. The van der Waals surface area contributed by atoms with Crippen LogP contribution in [0.3, 0.4) is 0 Å². The molecular weight excluding hydrogens is 323 g/mol. The van der Waals surface area contributed by atoms with Crippen molar-refractivity contribution in [3.8, 4) is 5.75 Å². The Morgan fingerprint density at radius 2 is 2.25 bits per heavy atom. The summed E-state index contributed by atoms with van der Waals surface area (Å²) in [4.78, 5) is 11.7. The minimum Gasteiger partial charge on any atom is -0.534 e. The molecule has 1 amide bonds. The van der Waals surface area contributed by atoms with Gasteiger partial charge < -0.3 is 24.8 Å². The third-order valence-electron chi connectivity index (χ3n) is 3.70. The average Bonchev–Trinajstić information content (AvgIpc) is 2.51. The molecule has 3 N–H and O–H groups in total. The topological polar surface area (TPSA) is 88.0 Å². The number of carbonyl (C=O) groups excluding carboxylic acids is 1. The lowest BCUT2D eigenvalue weighted by molar-refractivity contribution is -0.121. The summed E-state index contributed by atoms with van der Waals surface area (Å²) < 4.78 is 38.0. The number of carbonyl (C=O) groups is 1. The van der Waals surface area contributed by atoms with Crippen molar-refractivity contribution in [1.29, 1.82) is 0 Å². The highest BCUT2D eigenvalue weighted by atomic mass is 19.2. The Morgan fingerprint density at radius 3 is 2.88 bits per heavy atom. The van der Waals surface area contributed by atoms with Crippen LogP contribution in [0.25, 0.3) is 0 Å². The minimum absolute atomic E-state index is 0.0367. The number of rotatable bonds is 6. The summed E-state index contributed by atoms with van der Waals surface area (Å²) >= 11 is 0. The van der Waals surface area contributed by atoms with Crippen molar-refractivity contribution in [2.75, 3.05) is 6.61 Å². The molecule has 0 bridgehead atoms. The molecule has 0 saturated carbocycles. The maximum absolute atomic E-state index is 14.1. The second-order valence-electron chi connectivity index (χ2n) is 5.52. The van der Waals surface area contributed by atoms with Crippen LogP contribution in [0, 0.1) is 11.6 Å². The monoisotopic (exact) mass is 343 g/mol. The van der Waals surface area contributed by atoms with Gasteiger partial charge in [-0.2, -0.15) is 0 Å². The Morgan fingerprint density at radius 1 is 1.54 bits per heavy atom. The SMILES string of the molecule is CCCC(=O)N[C@H]1Cc2cc(F)c(F)c(C(O)OCC)c2OB1O. The lowest BCUT2D eigenvalue weighted by Crippen LogP contribution is -2.53. The van der Waals surface area contributed by atoms with Gasteiger partial charge >= 0.3 is 7.12 Å². The zero-order chi connectivity index (χ0) is 17.9. The molecule has 6 nitrogen and oxygen atoms in total. The maximum Gasteiger partial charge on any atom is 0.547 e. The van der Waals surface area contributed by atoms with Gasteiger partial charge in [0, 0.05) is 13.0 Å². The van der Waals surface area contributed by atoms with Crippen LogP contribution in [-0.2, 0) is 16.0 Å². The highest BCUT2D eigenvalue weighted by Crippen LogP contribution is 2.37. The Kier molecular flexibility index (Phi) is 6.14. The van der Waals surface area contributed by atoms with E-state index in [4.69, 9.17) is 9.39 Å². The largest absolute Gasteiger partial charge is 0.547 e. The molecule has 2 atom stereocenters. The van der Waals surface area contributed by atoms with E-state index in [-0.39, 0.29) is 36.7 Å². The molecule has 1 aliphatic rings. The molecule has 0 aliphatic carbocycles. The van der Waals surface area contributed by atoms with Gasteiger partial charge in [0.05, 0.1) is 11.5 Å². The first-order valence-corrected chi connectivity index (χ1v) is 7.83. The third kappa shape index (κ3) is 3.85. The Balaban J connectivity index is 2.33. The molecule has 1 heterocycles. The van der Waals surface area contributed by atoms with Crippen LogP contribution < -0.4 is 9.97 Å². The number of aliphatic hydroxyl groups excluding tert-OH is 1. The predicted molar refractivity (Wildman–Crippen MR) is 82.1 cm³/mol. The number of hydrogen-bond acceptors (Lipinski definition) is 5. The van der Waals surface area contributed by atoms with Crippen LogP contribution >= 0.6 is 0 Å². The maximum atomic E-state index is 14.1. The zero-order valence-corrected chi connectivity index (χ0v) is 13.5. The number of halogens is 2. The van der Waals surface area contributed by atoms with Crippen molar-refractivity contribution in [2.24, 2.45) is 0 Å². The fraction of sp³-hybridized carbons (Fsp3) is 0.533. The number of benzene rings is 1. The van der Waals surface area contributed by atoms with Gasteiger partial charge in [0.25, 0.3) is 0 Å². The normalized spacial score (nSPS) is 17.9. The smallest absolute Gasteiger partial charge is 0.534 e. The fourth-order valence-corrected chi connectivity index (χ4v) is 2.60. The molecule has 1 unspecified atom stereocenters. The summed E-state index contributed by atoms with van der Waals surface area (Å²) in [6.07, 6.45) is -0.772. The van der Waals surface area contributed by atoms with Crippen molar-refractivity contribution in [2.45, 2.75) is 45.3 Å². The van der Waals surface area contributed by atoms with Gasteiger partial charge in [-0.1, -0.05) is 6.92 Å². The number of amides is 1. The number of ether oxygens (including phenoxy) is 1. The first-order valence-electron chi connectivity index (χ1n) is 7.83. The van der Waals surface area contributed by atoms with E-state index < -0.39 is 36.5 Å². The third-order valence-corrected chi connectivity index (χ3v) is 3.70. The molecular formula is C15H20BF2NO5. The predicted octanol–water partition coefficient (Wildman–Crippen LogP) is 1.23. The fourth-order valence-electron chi connectivity index (χ4n) is 2.60. The number of fused-ring (bicyclic) bond motifs is 1. The van der Waals surface area contributed by atoms with Crippen LogP contribution in [0.1, 0.15) is 44.1 Å². The van der Waals surface area contributed by atoms with Crippen molar-refractivity contribution >= 4 is 13.0 Å². The number of hydrogen-bond donors (Lipinski definition) is 3. The van der Waals surface area contributed by atoms with Crippen LogP contribution in [-0.4, -0.2) is 35.7 Å². The summed E-state index contributed by atoms with van der Waals surface area (Å²) in [6.45, 7) is 3.49. The summed E-state index contributed by atoms with van der Waals surface area (Å²) in [5.41, 5.74) is -0.265. The van der Waals surface area contributed by atoms with Crippen molar-refractivity contribution in [1.82, 2.24) is 5.32 Å². The van der Waals surface area contributed by atoms with E-state index in [1.165, 1.54) is 0 Å². The van der Waals surface area contributed by atoms with Gasteiger partial charge in [0.1, 0.15) is 5.75 Å². The number of nitrogens with one attached hydrogen (secondary N) is 1. The molecule has 2 rings (SSSR count). The van der Waals surface area contributed by atoms with E-state index >= 15 is 0 Å². The molecule has 0 fully saturated rings. The first-order chi connectivity index (χ1) is 11.4. The molecule has 1 aromatic carbocycles. The summed E-state index contributed by atoms with van der Waals surface area (Å²) in [5.74, 6) is -3.69. The molecule has 0 aromatic heterocycles. The Labute approximate surface area is 138 Å². The van der Waals surface area contributed by atoms with E-state index in [9.17, 15) is 23.7 Å². The lowest BCUT2D eigenvalue weighted by atomic mass is 9.72. The summed E-state index contributed by atoms with van der Waals surface area (Å²) in [6, 6.07) is 0.928. The molecule has 1 aromatic rings. The van der Waals surface area contributed by atoms with E-state index in [2.05, 4.69) is 5.32 Å². The average molecular weight is 343 g/mol. The Hall–Kier alpha value is -1.71. The molecule has 0 radical (unpaired) electrons. The zero-order valence-electron chi connectivity index (χ0n) is 13.5. The molecule has 24 heavy (non-hydrogen) atoms. The number of aliphatic hydroxyl groups is 1. The lowest BCUT2D eigenvalue weighted by Gasteiger charge is -2.30. The molecule has 9 heteroatoms. The first kappa shape index (κ1) is 18.6. The second kappa shape index (κ2) is 7.91. The summed E-state index contributed by atoms with van der Waals surface area (Å²) in [5, 5.41) is 22.5. The Bertz CT molecular complexity index is 616. The molecule has 0 saturated heterocycles. The van der Waals surface area contributed by atoms with Gasteiger partial charge in [0.15, 0.2) is 17.9 Å². The quantitative estimate of drug-likeness (QED) is 0.534. The van der Waals surface area contributed by atoms with E-state index in [0.29, 0.717) is 6.42 Å². The van der Waals surface area contributed by atoms with Gasteiger partial charge in [-0.3, -0.25) is 4.79 Å². The van der Waals surface area contributed by atoms with Gasteiger partial charge in [-0.15, -0.1) is 0 Å². The van der Waals surface area contributed by atoms with Crippen LogP contribution in [0.4, 0.5) is 8.78 Å².